The van der Waals surface area contributed by atoms with Gasteiger partial charge in [0.05, 0.1) is 30.6 Å². The van der Waals surface area contributed by atoms with Gasteiger partial charge in [0.1, 0.15) is 0 Å². The Labute approximate surface area is 101 Å². The van der Waals surface area contributed by atoms with E-state index < -0.39 is 6.10 Å². The summed E-state index contributed by atoms with van der Waals surface area (Å²) in [6.07, 6.45) is 3.22. The van der Waals surface area contributed by atoms with E-state index in [2.05, 4.69) is 11.2 Å². The molecule has 0 bridgehead atoms. The number of rotatable bonds is 7. The predicted octanol–water partition coefficient (Wildman–Crippen LogP) is 0.0618. The van der Waals surface area contributed by atoms with Gasteiger partial charge >= 0.3 is 0 Å². The van der Waals surface area contributed by atoms with Gasteiger partial charge < -0.3 is 10.8 Å². The van der Waals surface area contributed by atoms with Crippen LogP contribution in [-0.2, 0) is 6.54 Å². The van der Waals surface area contributed by atoms with Crippen LogP contribution >= 0.6 is 0 Å². The Kier molecular flexibility index (Phi) is 5.46. The highest BCUT2D eigenvalue weighted by atomic mass is 16.3. The van der Waals surface area contributed by atoms with E-state index >= 15 is 0 Å². The maximum Gasteiger partial charge on any atom is 0.0862 e. The van der Waals surface area contributed by atoms with Crippen molar-refractivity contribution in [3.63, 3.8) is 0 Å². The van der Waals surface area contributed by atoms with Gasteiger partial charge in [-0.25, -0.2) is 0 Å². The summed E-state index contributed by atoms with van der Waals surface area (Å²) in [7, 11) is 0. The molecule has 1 unspecified atom stereocenters. The molecule has 1 aromatic rings. The molecule has 6 heteroatoms. The standard InChI is InChI=1S/C11H19N5O/c1-2-15(5-3-4-12)8-11(17)9-16-7-10(13)6-14-16/h6-7,11,17H,2-3,5,8-9,13H2,1H3. The monoisotopic (exact) mass is 237 g/mol. The van der Waals surface area contributed by atoms with Crippen LogP contribution < -0.4 is 5.73 Å². The summed E-state index contributed by atoms with van der Waals surface area (Å²) in [6.45, 7) is 4.47. The quantitative estimate of drug-likeness (QED) is 0.700. The molecule has 3 N–H and O–H groups in total. The molecule has 0 radical (unpaired) electrons. The van der Waals surface area contributed by atoms with E-state index in [9.17, 15) is 5.11 Å². The average Bonchev–Trinajstić information content (AvgIpc) is 2.69. The number of nitriles is 1. The van der Waals surface area contributed by atoms with E-state index in [0.29, 0.717) is 31.7 Å². The molecule has 0 aromatic carbocycles. The minimum Gasteiger partial charge on any atom is -0.396 e. The second kappa shape index (κ2) is 6.89. The fraction of sp³-hybridized carbons (Fsp3) is 0.636. The molecule has 17 heavy (non-hydrogen) atoms. The van der Waals surface area contributed by atoms with Crippen molar-refractivity contribution in [1.29, 1.82) is 5.26 Å². The van der Waals surface area contributed by atoms with Crippen LogP contribution in [0.25, 0.3) is 0 Å². The minimum atomic E-state index is -0.507. The van der Waals surface area contributed by atoms with Gasteiger partial charge in [-0.05, 0) is 6.54 Å². The lowest BCUT2D eigenvalue weighted by Gasteiger charge is -2.22. The van der Waals surface area contributed by atoms with Crippen LogP contribution in [0.1, 0.15) is 13.3 Å². The Balaban J connectivity index is 2.37. The number of aliphatic hydroxyl groups is 1. The van der Waals surface area contributed by atoms with Crippen molar-refractivity contribution in [2.45, 2.75) is 26.0 Å². The zero-order valence-electron chi connectivity index (χ0n) is 10.1. The van der Waals surface area contributed by atoms with Crippen LogP contribution in [-0.4, -0.2) is 45.5 Å². The molecule has 6 nitrogen and oxygen atoms in total. The Hall–Kier alpha value is -1.58. The molecule has 0 fully saturated rings. The normalized spacial score (nSPS) is 12.6. The summed E-state index contributed by atoms with van der Waals surface area (Å²) >= 11 is 0. The van der Waals surface area contributed by atoms with E-state index in [1.54, 1.807) is 17.1 Å². The summed E-state index contributed by atoms with van der Waals surface area (Å²) in [5.41, 5.74) is 6.13. The lowest BCUT2D eigenvalue weighted by Crippen LogP contribution is -2.35. The number of hydrogen-bond donors (Lipinski definition) is 2. The third-order valence-corrected chi connectivity index (χ3v) is 2.51. The summed E-state index contributed by atoms with van der Waals surface area (Å²) in [6, 6.07) is 2.10. The van der Waals surface area contributed by atoms with E-state index in [1.807, 2.05) is 11.8 Å². The molecule has 1 atom stereocenters. The maximum absolute atomic E-state index is 9.89. The lowest BCUT2D eigenvalue weighted by molar-refractivity contribution is 0.0982. The molecule has 94 valence electrons. The van der Waals surface area contributed by atoms with Crippen molar-refractivity contribution in [3.8, 4) is 6.07 Å². The Morgan fingerprint density at radius 3 is 3.00 bits per heavy atom. The highest BCUT2D eigenvalue weighted by molar-refractivity contribution is 5.30. The molecule has 0 aliphatic carbocycles. The van der Waals surface area contributed by atoms with Gasteiger partial charge in [0.25, 0.3) is 0 Å². The Morgan fingerprint density at radius 2 is 2.47 bits per heavy atom. The Bertz CT molecular complexity index is 370. The van der Waals surface area contributed by atoms with Crippen LogP contribution in [0.5, 0.6) is 0 Å². The third-order valence-electron chi connectivity index (χ3n) is 2.51. The van der Waals surface area contributed by atoms with Crippen molar-refractivity contribution in [2.75, 3.05) is 25.4 Å². The highest BCUT2D eigenvalue weighted by Crippen LogP contribution is 2.01. The first kappa shape index (κ1) is 13.5. The molecule has 0 amide bonds. The molecule has 1 rings (SSSR count). The largest absolute Gasteiger partial charge is 0.396 e. The molecule has 1 aromatic heterocycles. The number of nitrogen functional groups attached to an aromatic ring is 1. The summed E-state index contributed by atoms with van der Waals surface area (Å²) in [5.74, 6) is 0. The average molecular weight is 237 g/mol. The SMILES string of the molecule is CCN(CCC#N)CC(O)Cn1cc(N)cn1. The van der Waals surface area contributed by atoms with Crippen LogP contribution in [0.3, 0.4) is 0 Å². The lowest BCUT2D eigenvalue weighted by atomic mass is 10.3. The highest BCUT2D eigenvalue weighted by Gasteiger charge is 2.11. The van der Waals surface area contributed by atoms with Gasteiger partial charge in [-0.2, -0.15) is 10.4 Å². The first-order chi connectivity index (χ1) is 8.15. The fourth-order valence-corrected chi connectivity index (χ4v) is 1.64. The van der Waals surface area contributed by atoms with Crippen molar-refractivity contribution < 1.29 is 5.11 Å². The van der Waals surface area contributed by atoms with E-state index in [0.717, 1.165) is 6.54 Å². The molecular weight excluding hydrogens is 218 g/mol. The van der Waals surface area contributed by atoms with Gasteiger partial charge in [0.15, 0.2) is 0 Å². The molecule has 0 saturated heterocycles. The van der Waals surface area contributed by atoms with Crippen molar-refractivity contribution in [2.24, 2.45) is 0 Å². The van der Waals surface area contributed by atoms with Crippen molar-refractivity contribution in [1.82, 2.24) is 14.7 Å². The van der Waals surface area contributed by atoms with Gasteiger partial charge in [-0.3, -0.25) is 9.58 Å². The van der Waals surface area contributed by atoms with Gasteiger partial charge in [0.2, 0.25) is 0 Å². The van der Waals surface area contributed by atoms with E-state index in [-0.39, 0.29) is 0 Å². The second-order valence-electron chi connectivity index (χ2n) is 3.95. The first-order valence-electron chi connectivity index (χ1n) is 5.71. The summed E-state index contributed by atoms with van der Waals surface area (Å²) in [4.78, 5) is 2.04. The van der Waals surface area contributed by atoms with Gasteiger partial charge in [-0.1, -0.05) is 6.92 Å². The topological polar surface area (TPSA) is 91.1 Å². The van der Waals surface area contributed by atoms with Gasteiger partial charge in [0, 0.05) is 25.7 Å². The predicted molar refractivity (Wildman–Crippen MR) is 65.0 cm³/mol. The number of nitrogens with zero attached hydrogens (tertiary/aromatic N) is 4. The van der Waals surface area contributed by atoms with Crippen LogP contribution in [0, 0.1) is 11.3 Å². The van der Waals surface area contributed by atoms with Crippen LogP contribution in [0.15, 0.2) is 12.4 Å². The number of nitrogens with two attached hydrogens (primary N) is 1. The number of likely N-dealkylation sites (N-methyl/N-ethyl adjacent to an activating group) is 1. The van der Waals surface area contributed by atoms with Crippen molar-refractivity contribution >= 4 is 5.69 Å². The molecule has 0 aliphatic heterocycles. The molecular formula is C11H19N5O. The molecule has 0 aliphatic rings. The van der Waals surface area contributed by atoms with E-state index in [1.165, 1.54) is 0 Å². The third kappa shape index (κ3) is 4.85. The number of aromatic nitrogens is 2. The summed E-state index contributed by atoms with van der Waals surface area (Å²) < 4.78 is 1.62. The van der Waals surface area contributed by atoms with Crippen LogP contribution in [0.2, 0.25) is 0 Å². The first-order valence-corrected chi connectivity index (χ1v) is 5.71. The van der Waals surface area contributed by atoms with Crippen LogP contribution in [0.4, 0.5) is 5.69 Å². The molecule has 0 spiro atoms. The van der Waals surface area contributed by atoms with Gasteiger partial charge in [-0.15, -0.1) is 0 Å². The maximum atomic E-state index is 9.89. The fourth-order valence-electron chi connectivity index (χ4n) is 1.64. The number of hydrogen-bond acceptors (Lipinski definition) is 5. The van der Waals surface area contributed by atoms with E-state index in [4.69, 9.17) is 11.0 Å². The molecule has 1 heterocycles. The summed E-state index contributed by atoms with van der Waals surface area (Å²) in [5, 5.41) is 22.4. The minimum absolute atomic E-state index is 0.417. The zero-order chi connectivity index (χ0) is 12.7. The molecule has 0 saturated carbocycles. The Morgan fingerprint density at radius 1 is 1.71 bits per heavy atom. The van der Waals surface area contributed by atoms with Crippen molar-refractivity contribution in [3.05, 3.63) is 12.4 Å². The zero-order valence-corrected chi connectivity index (χ0v) is 10.1. The number of aliphatic hydroxyl groups excluding tert-OH is 1. The smallest absolute Gasteiger partial charge is 0.0862 e. The number of anilines is 1. The second-order valence-corrected chi connectivity index (χ2v) is 3.95.